The molecule has 0 bridgehead atoms. The molecule has 0 saturated heterocycles. The molecule has 0 amide bonds. The van der Waals surface area contributed by atoms with Crippen molar-refractivity contribution in [1.82, 2.24) is 0 Å². The monoisotopic (exact) mass is 420 g/mol. The van der Waals surface area contributed by atoms with Crippen molar-refractivity contribution >= 4 is 20.2 Å². The number of phenolic OH excluding ortho intramolecular Hbond substituents is 2. The Balaban J connectivity index is 0. The average molecular weight is 420 g/mol. The first kappa shape index (κ1) is 28.1. The van der Waals surface area contributed by atoms with Crippen LogP contribution >= 0.6 is 0 Å². The molecule has 0 fully saturated rings. The van der Waals surface area contributed by atoms with Gasteiger partial charge in [-0.3, -0.25) is 0 Å². The molecule has 0 saturated carbocycles. The number of aromatic hydroxyl groups is 2. The largest absolute Gasteiger partial charge is 1.00 e. The maximum Gasteiger partial charge on any atom is 1.00 e. The van der Waals surface area contributed by atoms with Gasteiger partial charge in [-0.2, -0.15) is 0 Å². The third-order valence-electron chi connectivity index (χ3n) is 2.65. The van der Waals surface area contributed by atoms with Gasteiger partial charge in [-0.15, -0.1) is 0 Å². The first-order valence-electron chi connectivity index (χ1n) is 6.39. The number of para-hydroxylation sites is 2. The molecule has 26 heavy (non-hydrogen) atoms. The van der Waals surface area contributed by atoms with Crippen molar-refractivity contribution in [2.75, 3.05) is 0 Å². The molecule has 12 heteroatoms. The predicted molar refractivity (Wildman–Crippen MR) is 83.0 cm³/mol. The molecule has 0 radical (unpaired) electrons. The van der Waals surface area contributed by atoms with Crippen LogP contribution in [0.4, 0.5) is 0 Å². The molecule has 0 aromatic heterocycles. The summed E-state index contributed by atoms with van der Waals surface area (Å²) in [6, 6.07) is 11.7. The summed E-state index contributed by atoms with van der Waals surface area (Å²) in [7, 11) is -8.62. The Bertz CT molecular complexity index is 823. The fourth-order valence-corrected chi connectivity index (χ4v) is 2.90. The molecule has 2 N–H and O–H groups in total. The second-order valence-corrected chi connectivity index (χ2v) is 7.47. The molecule has 132 valence electrons. The van der Waals surface area contributed by atoms with Gasteiger partial charge < -0.3 is 19.3 Å². The summed E-state index contributed by atoms with van der Waals surface area (Å²) >= 11 is 0. The van der Waals surface area contributed by atoms with Crippen LogP contribution in [-0.2, 0) is 31.7 Å². The van der Waals surface area contributed by atoms with Crippen molar-refractivity contribution in [2.24, 2.45) is 0 Å². The molecule has 2 aromatic rings. The van der Waals surface area contributed by atoms with E-state index in [0.717, 1.165) is 0 Å². The van der Waals surface area contributed by atoms with Gasteiger partial charge in [0, 0.05) is 11.1 Å². The van der Waals surface area contributed by atoms with Gasteiger partial charge in [0.2, 0.25) is 0 Å². The third kappa shape index (κ3) is 12.3. The van der Waals surface area contributed by atoms with Crippen LogP contribution in [0.25, 0.3) is 0 Å². The number of hydrogen-bond acceptors (Lipinski definition) is 8. The second kappa shape index (κ2) is 12.3. The van der Waals surface area contributed by atoms with E-state index in [0.29, 0.717) is 0 Å². The third-order valence-corrected chi connectivity index (χ3v) is 3.98. The summed E-state index contributed by atoms with van der Waals surface area (Å²) in [5, 5.41) is 18.1. The van der Waals surface area contributed by atoms with Crippen molar-refractivity contribution in [3.63, 3.8) is 0 Å². The zero-order valence-corrected chi connectivity index (χ0v) is 19.8. The quantitative estimate of drug-likeness (QED) is 0.368. The van der Waals surface area contributed by atoms with Crippen molar-refractivity contribution in [2.45, 2.75) is 11.5 Å². The Morgan fingerprint density at radius 3 is 1.15 bits per heavy atom. The number of hydrogen-bond donors (Lipinski definition) is 2. The SMILES string of the molecule is O=S(=O)([O-])Cc1ccccc1O.O=S(=O)([O-])Cc1ccccc1O.[Na+].[Na+]. The van der Waals surface area contributed by atoms with Gasteiger partial charge in [0.05, 0.1) is 31.7 Å². The normalized spacial score (nSPS) is 10.5. The van der Waals surface area contributed by atoms with Crippen molar-refractivity contribution in [3.05, 3.63) is 59.7 Å². The fourth-order valence-electron chi connectivity index (χ4n) is 1.65. The van der Waals surface area contributed by atoms with Crippen LogP contribution in [0.5, 0.6) is 11.5 Å². The molecular weight excluding hydrogens is 406 g/mol. The minimum absolute atomic E-state index is 0. The Morgan fingerprint density at radius 1 is 0.654 bits per heavy atom. The van der Waals surface area contributed by atoms with Crippen LogP contribution in [0.15, 0.2) is 48.5 Å². The van der Waals surface area contributed by atoms with E-state index in [1.807, 2.05) is 0 Å². The van der Waals surface area contributed by atoms with Crippen LogP contribution < -0.4 is 59.1 Å². The number of phenols is 2. The van der Waals surface area contributed by atoms with E-state index in [9.17, 15) is 25.9 Å². The Hall–Kier alpha value is -0.140. The van der Waals surface area contributed by atoms with E-state index < -0.39 is 31.7 Å². The minimum atomic E-state index is -4.31. The summed E-state index contributed by atoms with van der Waals surface area (Å²) in [5.41, 5.74) is 0.264. The average Bonchev–Trinajstić information content (AvgIpc) is 2.42. The Kier molecular flexibility index (Phi) is 13.3. The Labute approximate surface area is 196 Å². The number of rotatable bonds is 4. The molecule has 0 heterocycles. The summed E-state index contributed by atoms with van der Waals surface area (Å²) in [5.74, 6) is -1.67. The summed E-state index contributed by atoms with van der Waals surface area (Å²) in [4.78, 5) is 0. The smallest absolute Gasteiger partial charge is 0.748 e. The van der Waals surface area contributed by atoms with Crippen molar-refractivity contribution in [3.8, 4) is 11.5 Å². The zero-order chi connectivity index (χ0) is 18.4. The molecule has 0 aliphatic rings. The van der Waals surface area contributed by atoms with Gasteiger partial charge in [-0.1, -0.05) is 36.4 Å². The molecule has 0 aliphatic carbocycles. The summed E-state index contributed by atoms with van der Waals surface area (Å²) < 4.78 is 61.7. The zero-order valence-electron chi connectivity index (χ0n) is 14.2. The fraction of sp³-hybridized carbons (Fsp3) is 0.143. The van der Waals surface area contributed by atoms with Gasteiger partial charge in [-0.05, 0) is 12.1 Å². The first-order chi connectivity index (χ1) is 11.0. The van der Waals surface area contributed by atoms with Crippen LogP contribution in [0, 0.1) is 0 Å². The second-order valence-electron chi connectivity index (χ2n) is 4.66. The maximum atomic E-state index is 10.3. The molecule has 0 unspecified atom stereocenters. The van der Waals surface area contributed by atoms with E-state index in [4.69, 9.17) is 10.2 Å². The van der Waals surface area contributed by atoms with E-state index in [2.05, 4.69) is 0 Å². The van der Waals surface area contributed by atoms with Gasteiger partial charge in [0.15, 0.2) is 0 Å². The molecular formula is C14H14Na2O8S2. The maximum absolute atomic E-state index is 10.3. The standard InChI is InChI=1S/2C7H8O4S.2Na/c2*8-7-4-2-1-3-6(7)5-12(9,10)11;;/h2*1-4,8H,5H2,(H,9,10,11);;/q;;2*+1/p-2. The summed E-state index contributed by atoms with van der Waals surface area (Å²) in [6.07, 6.45) is 0. The van der Waals surface area contributed by atoms with E-state index in [1.54, 1.807) is 24.3 Å². The predicted octanol–water partition coefficient (Wildman–Crippen LogP) is -5.12. The molecule has 2 aromatic carbocycles. The van der Waals surface area contributed by atoms with Crippen molar-refractivity contribution in [1.29, 1.82) is 0 Å². The van der Waals surface area contributed by atoms with E-state index in [-0.39, 0.29) is 81.7 Å². The molecule has 0 atom stereocenters. The Morgan fingerprint density at radius 2 is 0.923 bits per heavy atom. The van der Waals surface area contributed by atoms with Gasteiger partial charge >= 0.3 is 59.1 Å². The minimum Gasteiger partial charge on any atom is -0.748 e. The van der Waals surface area contributed by atoms with E-state index >= 15 is 0 Å². The van der Waals surface area contributed by atoms with Crippen LogP contribution in [0.1, 0.15) is 11.1 Å². The van der Waals surface area contributed by atoms with Gasteiger partial charge in [-0.25, -0.2) is 16.8 Å². The van der Waals surface area contributed by atoms with Gasteiger partial charge in [0.1, 0.15) is 11.5 Å². The van der Waals surface area contributed by atoms with Crippen LogP contribution in [-0.4, -0.2) is 36.2 Å². The number of benzene rings is 2. The first-order valence-corrected chi connectivity index (χ1v) is 9.54. The van der Waals surface area contributed by atoms with E-state index in [1.165, 1.54) is 24.3 Å². The molecule has 0 aliphatic heterocycles. The summed E-state index contributed by atoms with van der Waals surface area (Å²) in [6.45, 7) is 0. The van der Waals surface area contributed by atoms with Crippen LogP contribution in [0.3, 0.4) is 0 Å². The van der Waals surface area contributed by atoms with Crippen LogP contribution in [0.2, 0.25) is 0 Å². The molecule has 8 nitrogen and oxygen atoms in total. The molecule has 0 spiro atoms. The van der Waals surface area contributed by atoms with Crippen molar-refractivity contribution < 1.29 is 95.3 Å². The van der Waals surface area contributed by atoms with Gasteiger partial charge in [0.25, 0.3) is 0 Å². The molecule has 2 rings (SSSR count). The topological polar surface area (TPSA) is 155 Å².